The van der Waals surface area contributed by atoms with Crippen LogP contribution >= 0.6 is 0 Å². The number of phenolic OH excluding ortho intramolecular Hbond substituents is 2. The molecule has 0 amide bonds. The van der Waals surface area contributed by atoms with Crippen LogP contribution in [0.15, 0.2) is 82.8 Å². The topological polar surface area (TPSA) is 104 Å². The molecule has 0 fully saturated rings. The van der Waals surface area contributed by atoms with Crippen LogP contribution in [0, 0.1) is 0 Å². The van der Waals surface area contributed by atoms with Gasteiger partial charge in [-0.1, -0.05) is 55.8 Å². The first-order chi connectivity index (χ1) is 16.1. The van der Waals surface area contributed by atoms with Crippen molar-refractivity contribution in [3.63, 3.8) is 0 Å². The van der Waals surface area contributed by atoms with Gasteiger partial charge in [0, 0.05) is 11.1 Å². The lowest BCUT2D eigenvalue weighted by molar-refractivity contribution is 0.0499. The fourth-order valence-corrected chi connectivity index (χ4v) is 3.44. The molecule has 7 nitrogen and oxygen atoms in total. The maximum Gasteiger partial charge on any atom is 0.338 e. The molecule has 1 unspecified atom stereocenters. The number of aromatic hydroxyl groups is 2. The van der Waals surface area contributed by atoms with Gasteiger partial charge in [-0.3, -0.25) is 0 Å². The van der Waals surface area contributed by atoms with Crippen molar-refractivity contribution in [1.29, 1.82) is 0 Å². The van der Waals surface area contributed by atoms with Gasteiger partial charge in [-0.15, -0.1) is 0 Å². The zero-order valence-electron chi connectivity index (χ0n) is 18.2. The van der Waals surface area contributed by atoms with E-state index in [4.69, 9.17) is 4.74 Å². The maximum absolute atomic E-state index is 12.4. The number of rotatable bonds is 7. The van der Waals surface area contributed by atoms with E-state index in [1.165, 1.54) is 0 Å². The summed E-state index contributed by atoms with van der Waals surface area (Å²) in [6.45, 7) is 2.41. The van der Waals surface area contributed by atoms with Crippen molar-refractivity contribution in [3.8, 4) is 11.5 Å². The molecule has 1 heterocycles. The number of carbonyl (C=O) groups is 1. The van der Waals surface area contributed by atoms with E-state index in [9.17, 15) is 15.0 Å². The molecular weight excluding hydrogens is 418 g/mol. The van der Waals surface area contributed by atoms with Gasteiger partial charge in [0.15, 0.2) is 6.17 Å². The number of carbonyl (C=O) groups excluding carboxylic acids is 1. The molecule has 0 aliphatic carbocycles. The molecule has 4 rings (SSSR count). The first-order valence-corrected chi connectivity index (χ1v) is 10.8. The van der Waals surface area contributed by atoms with E-state index in [1.54, 1.807) is 66.7 Å². The monoisotopic (exact) mass is 443 g/mol. The summed E-state index contributed by atoms with van der Waals surface area (Å²) in [6, 6.07) is 20.7. The van der Waals surface area contributed by atoms with Gasteiger partial charge in [0.25, 0.3) is 0 Å². The maximum atomic E-state index is 12.4. The second-order valence-corrected chi connectivity index (χ2v) is 7.60. The van der Waals surface area contributed by atoms with Crippen LogP contribution in [0.25, 0.3) is 0 Å². The minimum Gasteiger partial charge on any atom is -0.508 e. The van der Waals surface area contributed by atoms with Crippen LogP contribution in [0.2, 0.25) is 0 Å². The molecular formula is C26H25N3O4. The van der Waals surface area contributed by atoms with Crippen LogP contribution in [-0.2, 0) is 4.74 Å². The first-order valence-electron chi connectivity index (χ1n) is 10.8. The third kappa shape index (κ3) is 5.03. The van der Waals surface area contributed by atoms with E-state index < -0.39 is 12.1 Å². The lowest BCUT2D eigenvalue weighted by Gasteiger charge is -2.23. The van der Waals surface area contributed by atoms with Crippen LogP contribution in [0.1, 0.15) is 53.0 Å². The summed E-state index contributed by atoms with van der Waals surface area (Å²) in [7, 11) is 0. The smallest absolute Gasteiger partial charge is 0.338 e. The van der Waals surface area contributed by atoms with Crippen molar-refractivity contribution >= 4 is 17.6 Å². The van der Waals surface area contributed by atoms with Crippen LogP contribution in [0.5, 0.6) is 11.5 Å². The van der Waals surface area contributed by atoms with E-state index in [2.05, 4.69) is 15.3 Å². The number of benzene rings is 3. The summed E-state index contributed by atoms with van der Waals surface area (Å²) in [5, 5.41) is 23.9. The molecule has 0 aromatic heterocycles. The minimum atomic E-state index is -0.739. The van der Waals surface area contributed by atoms with Crippen LogP contribution < -0.4 is 5.32 Å². The van der Waals surface area contributed by atoms with Crippen LogP contribution in [0.3, 0.4) is 0 Å². The molecule has 3 aromatic carbocycles. The molecule has 0 spiro atoms. The zero-order chi connectivity index (χ0) is 23.2. The summed E-state index contributed by atoms with van der Waals surface area (Å²) < 4.78 is 5.33. The molecule has 0 saturated carbocycles. The van der Waals surface area contributed by atoms with Crippen molar-refractivity contribution in [1.82, 2.24) is 5.32 Å². The van der Waals surface area contributed by atoms with Crippen molar-refractivity contribution in [2.24, 2.45) is 9.98 Å². The summed E-state index contributed by atoms with van der Waals surface area (Å²) in [4.78, 5) is 21.8. The Kier molecular flexibility index (Phi) is 6.69. The molecule has 33 heavy (non-hydrogen) atoms. The van der Waals surface area contributed by atoms with Gasteiger partial charge in [0.2, 0.25) is 0 Å². The molecule has 7 heteroatoms. The molecule has 1 atom stereocenters. The van der Waals surface area contributed by atoms with E-state index >= 15 is 0 Å². The molecule has 1 aliphatic heterocycles. The van der Waals surface area contributed by atoms with Crippen molar-refractivity contribution in [3.05, 3.63) is 95.1 Å². The summed E-state index contributed by atoms with van der Waals surface area (Å²) in [5.41, 5.74) is 2.10. The Morgan fingerprint density at radius 2 is 1.67 bits per heavy atom. The Bertz CT molecular complexity index is 1220. The number of esters is 1. The Morgan fingerprint density at radius 3 is 2.42 bits per heavy atom. The lowest BCUT2D eigenvalue weighted by Crippen LogP contribution is -2.36. The second-order valence-electron chi connectivity index (χ2n) is 7.60. The predicted octanol–water partition coefficient (Wildman–Crippen LogP) is 4.55. The summed E-state index contributed by atoms with van der Waals surface area (Å²) in [5.74, 6) is 0.603. The highest BCUT2D eigenvalue weighted by Gasteiger charge is 2.24. The Balaban J connectivity index is 1.72. The van der Waals surface area contributed by atoms with Crippen molar-refractivity contribution < 1.29 is 19.7 Å². The van der Waals surface area contributed by atoms with Gasteiger partial charge < -0.3 is 20.3 Å². The van der Waals surface area contributed by atoms with E-state index in [-0.39, 0.29) is 11.5 Å². The third-order valence-corrected chi connectivity index (χ3v) is 5.22. The van der Waals surface area contributed by atoms with Gasteiger partial charge >= 0.3 is 5.97 Å². The number of unbranched alkanes of at least 4 members (excludes halogenated alkanes) is 1. The highest BCUT2D eigenvalue weighted by Crippen LogP contribution is 2.31. The highest BCUT2D eigenvalue weighted by atomic mass is 16.5. The quantitative estimate of drug-likeness (QED) is 0.367. The third-order valence-electron chi connectivity index (χ3n) is 5.22. The summed E-state index contributed by atoms with van der Waals surface area (Å²) in [6.07, 6.45) is 1.01. The van der Waals surface area contributed by atoms with E-state index in [0.717, 1.165) is 12.8 Å². The number of nitrogens with zero attached hydrogens (tertiary/aromatic N) is 2. The Morgan fingerprint density at radius 1 is 0.939 bits per heavy atom. The average Bonchev–Trinajstić information content (AvgIpc) is 2.84. The van der Waals surface area contributed by atoms with E-state index in [0.29, 0.717) is 40.5 Å². The fourth-order valence-electron chi connectivity index (χ4n) is 3.44. The molecule has 0 bridgehead atoms. The van der Waals surface area contributed by atoms with Gasteiger partial charge in [-0.2, -0.15) is 0 Å². The molecule has 1 aliphatic rings. The van der Waals surface area contributed by atoms with Gasteiger partial charge in [-0.25, -0.2) is 14.8 Å². The number of hydrogen-bond acceptors (Lipinski definition) is 7. The lowest BCUT2D eigenvalue weighted by atomic mass is 10.1. The summed E-state index contributed by atoms with van der Waals surface area (Å²) >= 11 is 0. The van der Waals surface area contributed by atoms with Gasteiger partial charge in [0.05, 0.1) is 17.7 Å². The number of phenols is 2. The Hall–Kier alpha value is -4.13. The van der Waals surface area contributed by atoms with Crippen LogP contribution in [-0.4, -0.2) is 34.5 Å². The SMILES string of the molecule is CCCCOC(=O)c1cccc(C2=NC(c3ccccc3O)N=C(c3ccccc3O)N2)c1. The number of para-hydroxylation sites is 2. The predicted molar refractivity (Wildman–Crippen MR) is 127 cm³/mol. The second kappa shape index (κ2) is 9.99. The fraction of sp³-hybridized carbons (Fsp3) is 0.192. The standard InChI is InChI=1S/C26H25N3O4/c1-2-3-15-33-26(32)18-10-8-9-17(16-18)23-27-24(19-11-4-6-13-21(19)30)29-25(28-23)20-12-5-7-14-22(20)31/h4-14,16,24,30-31H,2-3,15H2,1H3,(H,27,28,29). The highest BCUT2D eigenvalue weighted by molar-refractivity contribution is 6.17. The van der Waals surface area contributed by atoms with Gasteiger partial charge in [0.1, 0.15) is 23.2 Å². The minimum absolute atomic E-state index is 0.0642. The van der Waals surface area contributed by atoms with Crippen molar-refractivity contribution in [2.45, 2.75) is 25.9 Å². The molecule has 0 radical (unpaired) electrons. The van der Waals surface area contributed by atoms with Crippen LogP contribution in [0.4, 0.5) is 0 Å². The van der Waals surface area contributed by atoms with Gasteiger partial charge in [-0.05, 0) is 36.8 Å². The molecule has 0 saturated heterocycles. The number of hydrogen-bond donors (Lipinski definition) is 3. The normalized spacial score (nSPS) is 15.2. The molecule has 168 valence electrons. The largest absolute Gasteiger partial charge is 0.508 e. The number of amidine groups is 2. The molecule has 3 aromatic rings. The molecule has 3 N–H and O–H groups in total. The number of aliphatic imine (C=N–C) groups is 2. The number of nitrogens with one attached hydrogen (secondary N) is 1. The zero-order valence-corrected chi connectivity index (χ0v) is 18.2. The van der Waals surface area contributed by atoms with Crippen molar-refractivity contribution in [2.75, 3.05) is 6.61 Å². The number of ether oxygens (including phenoxy) is 1. The average molecular weight is 444 g/mol. The first kappa shape index (κ1) is 22.1. The van der Waals surface area contributed by atoms with E-state index in [1.807, 2.05) is 13.0 Å². The Labute approximate surface area is 192 Å².